The van der Waals surface area contributed by atoms with Crippen LogP contribution in [0.25, 0.3) is 11.3 Å². The monoisotopic (exact) mass is 528 g/mol. The first-order valence-electron chi connectivity index (χ1n) is 11.8. The van der Waals surface area contributed by atoms with Crippen LogP contribution in [0.1, 0.15) is 28.9 Å². The predicted molar refractivity (Wildman–Crippen MR) is 134 cm³/mol. The van der Waals surface area contributed by atoms with Crippen LogP contribution in [0.2, 0.25) is 0 Å². The van der Waals surface area contributed by atoms with Gasteiger partial charge in [-0.2, -0.15) is 4.31 Å². The highest BCUT2D eigenvalue weighted by Crippen LogP contribution is 2.45. The van der Waals surface area contributed by atoms with Gasteiger partial charge in [0.05, 0.1) is 23.7 Å². The first-order valence-corrected chi connectivity index (χ1v) is 13.7. The molecule has 1 amide bonds. The molecule has 0 atom stereocenters. The van der Waals surface area contributed by atoms with Crippen molar-refractivity contribution in [2.75, 3.05) is 31.2 Å². The fraction of sp³-hybridized carbons (Fsp3) is 0.360. The molecule has 5 rings (SSSR count). The molecule has 0 unspecified atom stereocenters. The van der Waals surface area contributed by atoms with E-state index in [1.807, 2.05) is 0 Å². The quantitative estimate of drug-likeness (QED) is 0.462. The molecule has 1 aliphatic carbocycles. The summed E-state index contributed by atoms with van der Waals surface area (Å²) in [4.78, 5) is 16.8. The summed E-state index contributed by atoms with van der Waals surface area (Å²) in [6, 6.07) is 13.0. The molecule has 1 aromatic carbocycles. The Hall–Kier alpha value is -3.51. The van der Waals surface area contributed by atoms with Gasteiger partial charge in [0.25, 0.3) is 5.91 Å². The molecule has 0 spiro atoms. The molecular formula is C25H26F2N6O3S. The van der Waals surface area contributed by atoms with Crippen molar-refractivity contribution < 1.29 is 22.0 Å². The smallest absolute Gasteiger partial charge is 0.251 e. The van der Waals surface area contributed by atoms with Gasteiger partial charge in [0.15, 0.2) is 0 Å². The van der Waals surface area contributed by atoms with Crippen molar-refractivity contribution in [1.82, 2.24) is 24.8 Å². The number of alkyl halides is 1. The summed E-state index contributed by atoms with van der Waals surface area (Å²) in [5.41, 5.74) is 1.16. The Morgan fingerprint density at radius 3 is 2.57 bits per heavy atom. The number of benzene rings is 1. The van der Waals surface area contributed by atoms with Crippen LogP contribution in [-0.2, 0) is 15.4 Å². The standard InChI is InChI=1S/C25H26F2N6O3S/c1-37(35,36)33-13-19(14-33)30-24(34)17-5-2-4-16(10-17)21-7-8-22(32-31-21)29-15-25(11-18(26)12-25)23-20(27)6-3-9-28-23/h2-10,18-19H,11-15H2,1H3,(H,29,32)(H,30,34)/t18-,25-. The van der Waals surface area contributed by atoms with Gasteiger partial charge < -0.3 is 10.6 Å². The van der Waals surface area contributed by atoms with Crippen molar-refractivity contribution in [3.8, 4) is 11.3 Å². The predicted octanol–water partition coefficient (Wildman–Crippen LogP) is 2.53. The number of amides is 1. The largest absolute Gasteiger partial charge is 0.368 e. The van der Waals surface area contributed by atoms with Crippen molar-refractivity contribution in [2.24, 2.45) is 0 Å². The van der Waals surface area contributed by atoms with Gasteiger partial charge in [0.2, 0.25) is 10.0 Å². The molecule has 0 radical (unpaired) electrons. The second-order valence-corrected chi connectivity index (χ2v) is 11.6. The van der Waals surface area contributed by atoms with Crippen LogP contribution in [0.3, 0.4) is 0 Å². The lowest BCUT2D eigenvalue weighted by atomic mass is 9.65. The number of anilines is 1. The molecule has 1 saturated heterocycles. The Balaban J connectivity index is 1.22. The van der Waals surface area contributed by atoms with Crippen LogP contribution in [0, 0.1) is 5.82 Å². The van der Waals surface area contributed by atoms with E-state index in [1.165, 1.54) is 22.6 Å². The normalized spacial score (nSPS) is 22.1. The van der Waals surface area contributed by atoms with E-state index in [-0.39, 0.29) is 50.1 Å². The van der Waals surface area contributed by atoms with Gasteiger partial charge in [-0.3, -0.25) is 9.78 Å². The number of aromatic nitrogens is 3. The average Bonchev–Trinajstić information content (AvgIpc) is 2.83. The van der Waals surface area contributed by atoms with E-state index in [0.29, 0.717) is 22.6 Å². The highest BCUT2D eigenvalue weighted by atomic mass is 32.2. The lowest BCUT2D eigenvalue weighted by Crippen LogP contribution is -2.60. The summed E-state index contributed by atoms with van der Waals surface area (Å²) in [5, 5.41) is 14.4. The zero-order valence-corrected chi connectivity index (χ0v) is 20.9. The number of carbonyl (C=O) groups excluding carboxylic acids is 1. The van der Waals surface area contributed by atoms with Crippen LogP contribution in [0.4, 0.5) is 14.6 Å². The molecule has 12 heteroatoms. The maximum atomic E-state index is 14.4. The van der Waals surface area contributed by atoms with Crippen LogP contribution in [0.15, 0.2) is 54.7 Å². The molecule has 1 saturated carbocycles. The summed E-state index contributed by atoms with van der Waals surface area (Å²) in [6.07, 6.45) is 2.01. The summed E-state index contributed by atoms with van der Waals surface area (Å²) < 4.78 is 52.4. The van der Waals surface area contributed by atoms with Crippen molar-refractivity contribution in [3.05, 3.63) is 71.8 Å². The van der Waals surface area contributed by atoms with Gasteiger partial charge in [-0.25, -0.2) is 17.2 Å². The second-order valence-electron chi connectivity index (χ2n) is 9.61. The molecule has 2 aliphatic rings. The Kier molecular flexibility index (Phi) is 6.63. The summed E-state index contributed by atoms with van der Waals surface area (Å²) in [6.45, 7) is 0.776. The van der Waals surface area contributed by atoms with Crippen LogP contribution >= 0.6 is 0 Å². The van der Waals surface area contributed by atoms with Crippen molar-refractivity contribution in [2.45, 2.75) is 30.5 Å². The van der Waals surface area contributed by atoms with Gasteiger partial charge in [0, 0.05) is 42.4 Å². The molecular weight excluding hydrogens is 502 g/mol. The summed E-state index contributed by atoms with van der Waals surface area (Å²) >= 11 is 0. The van der Waals surface area contributed by atoms with Gasteiger partial charge in [-0.15, -0.1) is 10.2 Å². The molecule has 0 bridgehead atoms. The minimum absolute atomic E-state index is 0.182. The van der Waals surface area contributed by atoms with E-state index in [9.17, 15) is 22.0 Å². The zero-order chi connectivity index (χ0) is 26.2. The topological polar surface area (TPSA) is 117 Å². The van der Waals surface area contributed by atoms with E-state index in [2.05, 4.69) is 25.8 Å². The SMILES string of the molecule is CS(=O)(=O)N1CC(NC(=O)c2cccc(-c3ccc(NC[C@]4(c5ncccc5F)C[C@H](F)C4)nn3)c2)C1. The maximum absolute atomic E-state index is 14.4. The van der Waals surface area contributed by atoms with E-state index in [4.69, 9.17) is 0 Å². The second kappa shape index (κ2) is 9.75. The highest BCUT2D eigenvalue weighted by Gasteiger charge is 2.48. The summed E-state index contributed by atoms with van der Waals surface area (Å²) in [5.74, 6) is -0.298. The van der Waals surface area contributed by atoms with Crippen molar-refractivity contribution in [3.63, 3.8) is 0 Å². The summed E-state index contributed by atoms with van der Waals surface area (Å²) in [7, 11) is -3.25. The molecule has 3 heterocycles. The molecule has 37 heavy (non-hydrogen) atoms. The maximum Gasteiger partial charge on any atom is 0.251 e. The van der Waals surface area contributed by atoms with Crippen molar-refractivity contribution >= 4 is 21.7 Å². The highest BCUT2D eigenvalue weighted by molar-refractivity contribution is 7.88. The van der Waals surface area contributed by atoms with Gasteiger partial charge in [-0.1, -0.05) is 12.1 Å². The third-order valence-corrected chi connectivity index (χ3v) is 8.07. The minimum Gasteiger partial charge on any atom is -0.368 e. The first kappa shape index (κ1) is 25.2. The van der Waals surface area contributed by atoms with Crippen molar-refractivity contribution in [1.29, 1.82) is 0 Å². The number of sulfonamides is 1. The molecule has 1 aliphatic heterocycles. The van der Waals surface area contributed by atoms with E-state index >= 15 is 0 Å². The zero-order valence-electron chi connectivity index (χ0n) is 20.1. The number of nitrogens with zero attached hydrogens (tertiary/aromatic N) is 4. The fourth-order valence-electron chi connectivity index (χ4n) is 4.71. The molecule has 194 valence electrons. The lowest BCUT2D eigenvalue weighted by Gasteiger charge is -2.44. The number of hydrogen-bond donors (Lipinski definition) is 2. The number of rotatable bonds is 8. The van der Waals surface area contributed by atoms with Gasteiger partial charge in [-0.05, 0) is 49.2 Å². The number of carbonyl (C=O) groups is 1. The number of nitrogens with one attached hydrogen (secondary N) is 2. The van der Waals surface area contributed by atoms with Gasteiger partial charge >= 0.3 is 0 Å². The number of hydrogen-bond acceptors (Lipinski definition) is 7. The molecule has 9 nitrogen and oxygen atoms in total. The number of pyridine rings is 1. The van der Waals surface area contributed by atoms with Crippen LogP contribution < -0.4 is 10.6 Å². The van der Waals surface area contributed by atoms with E-state index in [0.717, 1.165) is 6.26 Å². The molecule has 3 aromatic rings. The van der Waals surface area contributed by atoms with E-state index < -0.39 is 27.4 Å². The minimum atomic E-state index is -3.25. The Morgan fingerprint density at radius 1 is 1.14 bits per heavy atom. The van der Waals surface area contributed by atoms with Gasteiger partial charge in [0.1, 0.15) is 17.8 Å². The van der Waals surface area contributed by atoms with Crippen LogP contribution in [0.5, 0.6) is 0 Å². The third kappa shape index (κ3) is 5.30. The Morgan fingerprint density at radius 2 is 1.92 bits per heavy atom. The molecule has 2 N–H and O–H groups in total. The molecule has 2 aromatic heterocycles. The Bertz CT molecular complexity index is 1410. The third-order valence-electron chi connectivity index (χ3n) is 6.83. The average molecular weight is 529 g/mol. The lowest BCUT2D eigenvalue weighted by molar-refractivity contribution is 0.0895. The first-order chi connectivity index (χ1) is 17.6. The van der Waals surface area contributed by atoms with E-state index in [1.54, 1.807) is 36.4 Å². The fourth-order valence-corrected chi connectivity index (χ4v) is 5.62. The molecule has 2 fully saturated rings. The van der Waals surface area contributed by atoms with Crippen LogP contribution in [-0.4, -0.2) is 71.9 Å². The Labute approximate surface area is 213 Å². The number of halogens is 2.